The summed E-state index contributed by atoms with van der Waals surface area (Å²) in [6.45, 7) is 1.16. The van der Waals surface area contributed by atoms with E-state index in [1.54, 1.807) is 0 Å². The summed E-state index contributed by atoms with van der Waals surface area (Å²) in [5, 5.41) is -1.66. The molecule has 1 atom stereocenters. The number of hydrogen-bond donors (Lipinski definition) is 0. The third-order valence-electron chi connectivity index (χ3n) is 4.43. The van der Waals surface area contributed by atoms with Gasteiger partial charge in [-0.2, -0.15) is 22.0 Å². The lowest BCUT2D eigenvalue weighted by Crippen LogP contribution is -2.46. The Hall–Kier alpha value is -2.80. The highest BCUT2D eigenvalue weighted by molar-refractivity contribution is 6.37. The van der Waals surface area contributed by atoms with Crippen molar-refractivity contribution in [2.45, 2.75) is 25.4 Å². The zero-order valence-electron chi connectivity index (χ0n) is 17.6. The highest BCUT2D eigenvalue weighted by Gasteiger charge is 2.59. The van der Waals surface area contributed by atoms with E-state index in [-0.39, 0.29) is 12.2 Å². The Balaban J connectivity index is 2.37. The third kappa shape index (κ3) is 6.07. The molecule has 0 aliphatic carbocycles. The second-order valence-electron chi connectivity index (χ2n) is 6.79. The number of amides is 3. The Kier molecular flexibility index (Phi) is 8.48. The number of imide groups is 1. The van der Waals surface area contributed by atoms with Gasteiger partial charge in [-0.15, -0.1) is 0 Å². The monoisotopic (exact) mass is 552 g/mol. The van der Waals surface area contributed by atoms with Gasteiger partial charge in [0.25, 0.3) is 12.1 Å². The number of anilines is 1. The molecule has 0 aliphatic rings. The number of nitrogens with zero attached hydrogens (tertiary/aromatic N) is 2. The molecule has 0 N–H and O–H groups in total. The van der Waals surface area contributed by atoms with E-state index in [1.807, 2.05) is 0 Å². The zero-order chi connectivity index (χ0) is 26.9. The summed E-state index contributed by atoms with van der Waals surface area (Å²) < 4.78 is 109. The summed E-state index contributed by atoms with van der Waals surface area (Å²) in [5.74, 6) is -5.05. The van der Waals surface area contributed by atoms with E-state index in [0.717, 1.165) is 42.3 Å². The molecule has 0 heterocycles. The number of carbonyl (C=O) groups is 2. The molecule has 0 bridgehead atoms. The molecule has 0 fully saturated rings. The minimum absolute atomic E-state index is 0.222. The molecular formula is C20H14Cl2F8N2O3. The third-order valence-corrected chi connectivity index (χ3v) is 4.99. The van der Waals surface area contributed by atoms with Crippen molar-refractivity contribution in [3.63, 3.8) is 0 Å². The van der Waals surface area contributed by atoms with E-state index >= 15 is 0 Å². The molecule has 0 aromatic heterocycles. The van der Waals surface area contributed by atoms with E-state index in [1.165, 1.54) is 6.92 Å². The molecule has 0 saturated heterocycles. The van der Waals surface area contributed by atoms with E-state index in [9.17, 15) is 44.7 Å². The quantitative estimate of drug-likeness (QED) is 0.368. The topological polar surface area (TPSA) is 49.9 Å². The minimum atomic E-state index is -5.96. The molecule has 0 aliphatic heterocycles. The van der Waals surface area contributed by atoms with Crippen molar-refractivity contribution in [2.24, 2.45) is 0 Å². The Bertz CT molecular complexity index is 1090. The van der Waals surface area contributed by atoms with Crippen molar-refractivity contribution in [3.05, 3.63) is 57.6 Å². The van der Waals surface area contributed by atoms with Crippen LogP contribution in [0.25, 0.3) is 0 Å². The number of alkyl halides is 6. The van der Waals surface area contributed by atoms with Crippen molar-refractivity contribution >= 4 is 40.8 Å². The van der Waals surface area contributed by atoms with Gasteiger partial charge in [-0.05, 0) is 31.2 Å². The predicted molar refractivity (Wildman–Crippen MR) is 110 cm³/mol. The Morgan fingerprint density at radius 3 is 1.94 bits per heavy atom. The molecule has 1 unspecified atom stereocenters. The molecule has 3 amide bonds. The summed E-state index contributed by atoms with van der Waals surface area (Å²) in [4.78, 5) is 26.4. The van der Waals surface area contributed by atoms with Gasteiger partial charge in [0.1, 0.15) is 17.2 Å². The van der Waals surface area contributed by atoms with E-state index in [2.05, 4.69) is 4.74 Å². The van der Waals surface area contributed by atoms with Crippen LogP contribution in [0.2, 0.25) is 10.0 Å². The Morgan fingerprint density at radius 1 is 1.03 bits per heavy atom. The number of ether oxygens (including phenoxy) is 1. The second kappa shape index (κ2) is 10.4. The van der Waals surface area contributed by atoms with Crippen LogP contribution in [0.15, 0.2) is 30.3 Å². The number of carbonyl (C=O) groups excluding carboxylic acids is 2. The van der Waals surface area contributed by atoms with Gasteiger partial charge in [-0.3, -0.25) is 14.6 Å². The molecule has 15 heteroatoms. The number of hydrogen-bond acceptors (Lipinski definition) is 3. The fourth-order valence-corrected chi connectivity index (χ4v) is 3.30. The molecule has 0 radical (unpaired) electrons. The molecule has 192 valence electrons. The molecule has 2 aromatic carbocycles. The summed E-state index contributed by atoms with van der Waals surface area (Å²) in [6, 6.07) is 2.96. The normalized spacial score (nSPS) is 12.8. The summed E-state index contributed by atoms with van der Waals surface area (Å²) >= 11 is 11.6. The van der Waals surface area contributed by atoms with Gasteiger partial charge in [0.15, 0.2) is 5.75 Å². The first-order valence-electron chi connectivity index (χ1n) is 9.33. The van der Waals surface area contributed by atoms with Crippen LogP contribution in [-0.2, 0) is 0 Å². The number of rotatable bonds is 6. The summed E-state index contributed by atoms with van der Waals surface area (Å²) in [5.41, 5.74) is -1.28. The highest BCUT2D eigenvalue weighted by atomic mass is 35.5. The first kappa shape index (κ1) is 28.4. The van der Waals surface area contributed by atoms with Gasteiger partial charge >= 0.3 is 18.3 Å². The van der Waals surface area contributed by atoms with Gasteiger partial charge in [0, 0.05) is 19.3 Å². The van der Waals surface area contributed by atoms with E-state index < -0.39 is 63.4 Å². The van der Waals surface area contributed by atoms with Crippen LogP contribution in [0.5, 0.6) is 5.75 Å². The maximum absolute atomic E-state index is 13.9. The average molecular weight is 553 g/mol. The van der Waals surface area contributed by atoms with Crippen LogP contribution >= 0.6 is 23.2 Å². The van der Waals surface area contributed by atoms with Crippen LogP contribution in [0.3, 0.4) is 0 Å². The first-order valence-corrected chi connectivity index (χ1v) is 10.1. The van der Waals surface area contributed by atoms with Crippen LogP contribution in [0.1, 0.15) is 17.3 Å². The summed E-state index contributed by atoms with van der Waals surface area (Å²) in [7, 11) is 0.902. The Labute approximate surface area is 202 Å². The fraction of sp³-hybridized carbons (Fsp3) is 0.300. The first-order chi connectivity index (χ1) is 16.0. The van der Waals surface area contributed by atoms with Gasteiger partial charge in [0.05, 0.1) is 10.0 Å². The molecule has 2 aromatic rings. The molecule has 0 saturated carbocycles. The highest BCUT2D eigenvalue weighted by Crippen LogP contribution is 2.43. The molecular weight excluding hydrogens is 539 g/mol. The number of urea groups is 1. The largest absolute Gasteiger partial charge is 0.439 e. The SMILES string of the molecule is CCN(C(=O)N(C)C(=O)c1c(F)cccc1F)c1cc(Cl)c(OC(F)(F)C(F)C(F)(F)F)c(Cl)c1. The molecule has 35 heavy (non-hydrogen) atoms. The Morgan fingerprint density at radius 2 is 1.51 bits per heavy atom. The van der Waals surface area contributed by atoms with Crippen LogP contribution in [0.4, 0.5) is 45.6 Å². The molecule has 2 rings (SSSR count). The summed E-state index contributed by atoms with van der Waals surface area (Å²) in [6.07, 6.45) is -16.1. The van der Waals surface area contributed by atoms with Crippen molar-refractivity contribution < 1.29 is 49.4 Å². The van der Waals surface area contributed by atoms with E-state index in [4.69, 9.17) is 23.2 Å². The lowest BCUT2D eigenvalue weighted by atomic mass is 10.1. The molecule has 0 spiro atoms. The van der Waals surface area contributed by atoms with Crippen molar-refractivity contribution in [1.29, 1.82) is 0 Å². The maximum Gasteiger partial charge on any atom is 0.439 e. The molecule has 5 nitrogen and oxygen atoms in total. The maximum atomic E-state index is 13.9. The minimum Gasteiger partial charge on any atom is -0.427 e. The van der Waals surface area contributed by atoms with Gasteiger partial charge in [-0.1, -0.05) is 29.3 Å². The average Bonchev–Trinajstić information content (AvgIpc) is 2.74. The fourth-order valence-electron chi connectivity index (χ4n) is 2.74. The van der Waals surface area contributed by atoms with E-state index in [0.29, 0.717) is 4.90 Å². The zero-order valence-corrected chi connectivity index (χ0v) is 19.1. The smallest absolute Gasteiger partial charge is 0.427 e. The lowest BCUT2D eigenvalue weighted by Gasteiger charge is -2.28. The number of halogens is 10. The van der Waals surface area contributed by atoms with Crippen molar-refractivity contribution in [3.8, 4) is 5.75 Å². The van der Waals surface area contributed by atoms with Crippen molar-refractivity contribution in [2.75, 3.05) is 18.5 Å². The predicted octanol–water partition coefficient (Wildman–Crippen LogP) is 6.86. The van der Waals surface area contributed by atoms with Gasteiger partial charge in [0.2, 0.25) is 0 Å². The second-order valence-corrected chi connectivity index (χ2v) is 7.61. The van der Waals surface area contributed by atoms with Crippen molar-refractivity contribution in [1.82, 2.24) is 4.90 Å². The van der Waals surface area contributed by atoms with Crippen LogP contribution in [-0.4, -0.2) is 48.9 Å². The lowest BCUT2D eigenvalue weighted by molar-refractivity contribution is -0.304. The number of benzene rings is 2. The van der Waals surface area contributed by atoms with Crippen LogP contribution in [0, 0.1) is 11.6 Å². The van der Waals surface area contributed by atoms with Gasteiger partial charge in [-0.25, -0.2) is 18.0 Å². The standard InChI is InChI=1S/C20H14Cl2F8N2O3/c1-3-32(18(34)31(2)16(33)14-12(23)5-4-6-13(14)24)9-7-10(21)15(11(22)8-9)35-20(29,30)17(25)19(26,27)28/h4-8,17H,3H2,1-2H3. The van der Waals surface area contributed by atoms with Crippen LogP contribution < -0.4 is 9.64 Å². The van der Waals surface area contributed by atoms with Gasteiger partial charge < -0.3 is 4.74 Å².